The number of rotatable bonds is 3. The topological polar surface area (TPSA) is 49.6 Å². The number of piperazine rings is 1. The Morgan fingerprint density at radius 1 is 1.17 bits per heavy atom. The van der Waals surface area contributed by atoms with Crippen LogP contribution < -0.4 is 5.73 Å². The molecule has 0 saturated carbocycles. The van der Waals surface area contributed by atoms with Crippen LogP contribution in [-0.2, 0) is 11.2 Å². The summed E-state index contributed by atoms with van der Waals surface area (Å²) in [6, 6.07) is 7.75. The van der Waals surface area contributed by atoms with Gasteiger partial charge in [-0.25, -0.2) is 0 Å². The minimum atomic E-state index is 0.264. The van der Waals surface area contributed by atoms with E-state index in [4.69, 9.17) is 5.73 Å². The van der Waals surface area contributed by atoms with Gasteiger partial charge in [0.1, 0.15) is 0 Å². The van der Waals surface area contributed by atoms with Gasteiger partial charge in [-0.15, -0.1) is 0 Å². The number of anilines is 1. The Bertz CT molecular complexity index is 394. The summed E-state index contributed by atoms with van der Waals surface area (Å²) in [5.74, 6) is 0.264. The highest BCUT2D eigenvalue weighted by Gasteiger charge is 2.18. The van der Waals surface area contributed by atoms with Gasteiger partial charge in [0.2, 0.25) is 5.91 Å². The quantitative estimate of drug-likeness (QED) is 0.810. The van der Waals surface area contributed by atoms with E-state index in [0.717, 1.165) is 38.3 Å². The lowest BCUT2D eigenvalue weighted by atomic mass is 10.1. The summed E-state index contributed by atoms with van der Waals surface area (Å²) in [4.78, 5) is 16.3. The molecular weight excluding hydrogens is 226 g/mol. The summed E-state index contributed by atoms with van der Waals surface area (Å²) in [5.41, 5.74) is 7.57. The first kappa shape index (κ1) is 12.9. The van der Waals surface area contributed by atoms with Crippen LogP contribution in [0.1, 0.15) is 12.0 Å². The van der Waals surface area contributed by atoms with Gasteiger partial charge in [0.25, 0.3) is 0 Å². The number of amides is 1. The number of carbonyl (C=O) groups is 1. The molecule has 1 aromatic rings. The number of hydrogen-bond acceptors (Lipinski definition) is 3. The number of carbonyl (C=O) groups excluding carboxylic acids is 1. The van der Waals surface area contributed by atoms with Crippen molar-refractivity contribution in [3.8, 4) is 0 Å². The normalized spacial score (nSPS) is 16.8. The number of nitrogens with two attached hydrogens (primary N) is 1. The largest absolute Gasteiger partial charge is 0.399 e. The van der Waals surface area contributed by atoms with Crippen molar-refractivity contribution in [3.63, 3.8) is 0 Å². The molecule has 0 aromatic heterocycles. The Labute approximate surface area is 108 Å². The van der Waals surface area contributed by atoms with Crippen LogP contribution in [0.25, 0.3) is 0 Å². The summed E-state index contributed by atoms with van der Waals surface area (Å²) in [7, 11) is 2.09. The first-order valence-electron chi connectivity index (χ1n) is 6.46. The SMILES string of the molecule is CN1CCN(C(=O)CCc2ccc(N)cc2)CC1. The van der Waals surface area contributed by atoms with Gasteiger partial charge in [-0.1, -0.05) is 12.1 Å². The molecule has 0 radical (unpaired) electrons. The smallest absolute Gasteiger partial charge is 0.222 e. The molecule has 0 atom stereocenters. The molecule has 1 saturated heterocycles. The molecule has 2 rings (SSSR count). The number of likely N-dealkylation sites (N-methyl/N-ethyl adjacent to an activating group) is 1. The molecule has 4 heteroatoms. The van der Waals surface area contributed by atoms with E-state index in [-0.39, 0.29) is 5.91 Å². The molecular formula is C14H21N3O. The molecule has 18 heavy (non-hydrogen) atoms. The molecule has 4 nitrogen and oxygen atoms in total. The molecule has 2 N–H and O–H groups in total. The van der Waals surface area contributed by atoms with Gasteiger partial charge < -0.3 is 15.5 Å². The zero-order valence-electron chi connectivity index (χ0n) is 10.9. The van der Waals surface area contributed by atoms with Crippen molar-refractivity contribution in [1.82, 2.24) is 9.80 Å². The van der Waals surface area contributed by atoms with Crippen LogP contribution in [0.5, 0.6) is 0 Å². The average molecular weight is 247 g/mol. The van der Waals surface area contributed by atoms with Crippen LogP contribution >= 0.6 is 0 Å². The van der Waals surface area contributed by atoms with Gasteiger partial charge in [-0.05, 0) is 31.2 Å². The van der Waals surface area contributed by atoms with Gasteiger partial charge in [-0.3, -0.25) is 4.79 Å². The van der Waals surface area contributed by atoms with Crippen LogP contribution in [0.4, 0.5) is 5.69 Å². The molecule has 0 aliphatic carbocycles. The lowest BCUT2D eigenvalue weighted by molar-refractivity contribution is -0.132. The van der Waals surface area contributed by atoms with Crippen molar-refractivity contribution in [2.75, 3.05) is 39.0 Å². The van der Waals surface area contributed by atoms with Crippen molar-refractivity contribution >= 4 is 11.6 Å². The molecule has 1 aromatic carbocycles. The van der Waals surface area contributed by atoms with E-state index in [1.165, 1.54) is 5.56 Å². The van der Waals surface area contributed by atoms with E-state index in [9.17, 15) is 4.79 Å². The standard InChI is InChI=1S/C14H21N3O/c1-16-8-10-17(11-9-16)14(18)7-4-12-2-5-13(15)6-3-12/h2-3,5-6H,4,7-11,15H2,1H3. The summed E-state index contributed by atoms with van der Waals surface area (Å²) in [5, 5.41) is 0. The third-order valence-corrected chi connectivity index (χ3v) is 3.46. The van der Waals surface area contributed by atoms with E-state index in [1.807, 2.05) is 29.2 Å². The van der Waals surface area contributed by atoms with E-state index in [0.29, 0.717) is 6.42 Å². The first-order chi connectivity index (χ1) is 8.65. The van der Waals surface area contributed by atoms with E-state index >= 15 is 0 Å². The maximum atomic E-state index is 12.0. The summed E-state index contributed by atoms with van der Waals surface area (Å²) in [6.07, 6.45) is 1.39. The Hall–Kier alpha value is -1.55. The fourth-order valence-corrected chi connectivity index (χ4v) is 2.15. The maximum Gasteiger partial charge on any atom is 0.222 e. The lowest BCUT2D eigenvalue weighted by Gasteiger charge is -2.32. The van der Waals surface area contributed by atoms with Crippen LogP contribution in [0, 0.1) is 0 Å². The Morgan fingerprint density at radius 3 is 2.39 bits per heavy atom. The second-order valence-electron chi connectivity index (χ2n) is 4.93. The van der Waals surface area contributed by atoms with Gasteiger partial charge in [0, 0.05) is 38.3 Å². The van der Waals surface area contributed by atoms with Gasteiger partial charge in [0.05, 0.1) is 0 Å². The molecule has 1 amide bonds. The third kappa shape index (κ3) is 3.47. The van der Waals surface area contributed by atoms with Crippen molar-refractivity contribution < 1.29 is 4.79 Å². The number of nitrogen functional groups attached to an aromatic ring is 1. The Kier molecular flexibility index (Phi) is 4.20. The highest BCUT2D eigenvalue weighted by atomic mass is 16.2. The fourth-order valence-electron chi connectivity index (χ4n) is 2.15. The Morgan fingerprint density at radius 2 is 1.78 bits per heavy atom. The minimum absolute atomic E-state index is 0.264. The van der Waals surface area contributed by atoms with E-state index in [1.54, 1.807) is 0 Å². The summed E-state index contributed by atoms with van der Waals surface area (Å²) >= 11 is 0. The van der Waals surface area contributed by atoms with Crippen molar-refractivity contribution in [2.45, 2.75) is 12.8 Å². The van der Waals surface area contributed by atoms with Crippen LogP contribution in [0.15, 0.2) is 24.3 Å². The maximum absolute atomic E-state index is 12.0. The number of benzene rings is 1. The van der Waals surface area contributed by atoms with Crippen molar-refractivity contribution in [3.05, 3.63) is 29.8 Å². The zero-order valence-corrected chi connectivity index (χ0v) is 10.9. The highest BCUT2D eigenvalue weighted by molar-refractivity contribution is 5.76. The molecule has 0 bridgehead atoms. The van der Waals surface area contributed by atoms with Crippen LogP contribution in [0.3, 0.4) is 0 Å². The second-order valence-corrected chi connectivity index (χ2v) is 4.93. The Balaban J connectivity index is 1.79. The monoisotopic (exact) mass is 247 g/mol. The number of aryl methyl sites for hydroxylation is 1. The molecule has 1 fully saturated rings. The van der Waals surface area contributed by atoms with Gasteiger partial charge in [0.15, 0.2) is 0 Å². The average Bonchev–Trinajstić information content (AvgIpc) is 2.38. The fraction of sp³-hybridized carbons (Fsp3) is 0.500. The first-order valence-corrected chi connectivity index (χ1v) is 6.46. The third-order valence-electron chi connectivity index (χ3n) is 3.46. The number of nitrogens with zero attached hydrogens (tertiary/aromatic N) is 2. The van der Waals surface area contributed by atoms with Crippen LogP contribution in [0.2, 0.25) is 0 Å². The summed E-state index contributed by atoms with van der Waals surface area (Å²) in [6.45, 7) is 3.68. The molecule has 0 unspecified atom stereocenters. The predicted molar refractivity (Wildman–Crippen MR) is 73.3 cm³/mol. The van der Waals surface area contributed by atoms with E-state index < -0.39 is 0 Å². The van der Waals surface area contributed by atoms with Crippen molar-refractivity contribution in [1.29, 1.82) is 0 Å². The molecule has 1 aliphatic rings. The predicted octanol–water partition coefficient (Wildman–Crippen LogP) is 0.975. The number of hydrogen-bond donors (Lipinski definition) is 1. The molecule has 0 spiro atoms. The molecule has 1 heterocycles. The minimum Gasteiger partial charge on any atom is -0.399 e. The van der Waals surface area contributed by atoms with E-state index in [2.05, 4.69) is 11.9 Å². The summed E-state index contributed by atoms with van der Waals surface area (Å²) < 4.78 is 0. The molecule has 98 valence electrons. The molecule has 1 aliphatic heterocycles. The van der Waals surface area contributed by atoms with Crippen molar-refractivity contribution in [2.24, 2.45) is 0 Å². The van der Waals surface area contributed by atoms with Crippen LogP contribution in [-0.4, -0.2) is 48.9 Å². The van der Waals surface area contributed by atoms with Gasteiger partial charge in [-0.2, -0.15) is 0 Å². The van der Waals surface area contributed by atoms with Gasteiger partial charge >= 0.3 is 0 Å². The second kappa shape index (κ2) is 5.87. The zero-order chi connectivity index (χ0) is 13.0. The lowest BCUT2D eigenvalue weighted by Crippen LogP contribution is -2.47. The highest BCUT2D eigenvalue weighted by Crippen LogP contribution is 2.09.